The molecule has 0 bridgehead atoms. The SMILES string of the molecule is N#Cc1ccc(NCC2=NC(=O)C3C(N2)C3c2ccc(F)cc2F)cc1. The van der Waals surface area contributed by atoms with Crippen LogP contribution in [-0.2, 0) is 4.79 Å². The van der Waals surface area contributed by atoms with Crippen LogP contribution in [0, 0.1) is 28.9 Å². The molecule has 2 aromatic carbocycles. The van der Waals surface area contributed by atoms with Crippen molar-refractivity contribution < 1.29 is 13.6 Å². The molecule has 4 rings (SSSR count). The molecule has 3 unspecified atom stereocenters. The average Bonchev–Trinajstić information content (AvgIpc) is 3.35. The largest absolute Gasteiger partial charge is 0.378 e. The van der Waals surface area contributed by atoms with Crippen molar-refractivity contribution >= 4 is 17.4 Å². The highest BCUT2D eigenvalue weighted by Gasteiger charge is 2.58. The number of anilines is 1. The Kier molecular flexibility index (Phi) is 3.88. The highest BCUT2D eigenvalue weighted by atomic mass is 19.1. The molecule has 0 radical (unpaired) electrons. The number of amidine groups is 1. The topological polar surface area (TPSA) is 77.3 Å². The molecule has 2 N–H and O–H groups in total. The Balaban J connectivity index is 1.42. The minimum Gasteiger partial charge on any atom is -0.378 e. The van der Waals surface area contributed by atoms with E-state index >= 15 is 0 Å². The summed E-state index contributed by atoms with van der Waals surface area (Å²) < 4.78 is 27.1. The number of carbonyl (C=O) groups excluding carboxylic acids is 1. The fraction of sp³-hybridized carbons (Fsp3) is 0.211. The number of halogens is 2. The maximum atomic E-state index is 14.0. The number of fused-ring (bicyclic) bond motifs is 1. The van der Waals surface area contributed by atoms with Crippen molar-refractivity contribution in [3.8, 4) is 6.07 Å². The molecule has 1 saturated carbocycles. The molecule has 1 fully saturated rings. The molecule has 130 valence electrons. The van der Waals surface area contributed by atoms with E-state index in [0.717, 1.165) is 11.8 Å². The van der Waals surface area contributed by atoms with Crippen LogP contribution < -0.4 is 10.6 Å². The van der Waals surface area contributed by atoms with Crippen molar-refractivity contribution in [1.29, 1.82) is 5.26 Å². The lowest BCUT2D eigenvalue weighted by Gasteiger charge is -2.14. The average molecular weight is 352 g/mol. The number of hydrogen-bond donors (Lipinski definition) is 2. The van der Waals surface area contributed by atoms with Crippen LogP contribution in [0.5, 0.6) is 0 Å². The predicted molar refractivity (Wildman–Crippen MR) is 91.6 cm³/mol. The van der Waals surface area contributed by atoms with Gasteiger partial charge in [-0.05, 0) is 35.9 Å². The fourth-order valence-electron chi connectivity index (χ4n) is 3.33. The van der Waals surface area contributed by atoms with E-state index in [4.69, 9.17) is 5.26 Å². The van der Waals surface area contributed by atoms with Crippen molar-refractivity contribution in [2.75, 3.05) is 11.9 Å². The highest BCUT2D eigenvalue weighted by molar-refractivity contribution is 6.03. The molecule has 1 amide bonds. The van der Waals surface area contributed by atoms with Gasteiger partial charge in [0.1, 0.15) is 17.5 Å². The van der Waals surface area contributed by atoms with Crippen LogP contribution in [0.2, 0.25) is 0 Å². The van der Waals surface area contributed by atoms with Gasteiger partial charge in [0.2, 0.25) is 0 Å². The summed E-state index contributed by atoms with van der Waals surface area (Å²) in [6.45, 7) is 0.305. The van der Waals surface area contributed by atoms with Crippen LogP contribution in [0.4, 0.5) is 14.5 Å². The van der Waals surface area contributed by atoms with Crippen LogP contribution in [0.1, 0.15) is 17.0 Å². The summed E-state index contributed by atoms with van der Waals surface area (Å²) in [7, 11) is 0. The number of aliphatic imine (C=N–C) groups is 1. The van der Waals surface area contributed by atoms with Gasteiger partial charge in [0.15, 0.2) is 0 Å². The Morgan fingerprint density at radius 2 is 1.92 bits per heavy atom. The number of nitrogens with zero attached hydrogens (tertiary/aromatic N) is 2. The minimum atomic E-state index is -0.642. The van der Waals surface area contributed by atoms with E-state index in [9.17, 15) is 13.6 Å². The second kappa shape index (κ2) is 6.23. The van der Waals surface area contributed by atoms with Gasteiger partial charge >= 0.3 is 0 Å². The molecule has 2 aromatic rings. The molecule has 1 aliphatic heterocycles. The standard InChI is InChI=1S/C19H14F2N4O/c20-11-3-6-13(14(21)7-11)16-17-18(16)24-15(25-19(17)26)9-23-12-4-1-10(8-22)2-5-12/h1-7,16-18,23H,9H2,(H,24,25,26). The molecule has 0 spiro atoms. The summed E-state index contributed by atoms with van der Waals surface area (Å²) in [6.07, 6.45) is 0. The Bertz CT molecular complexity index is 949. The van der Waals surface area contributed by atoms with E-state index in [1.165, 1.54) is 12.1 Å². The maximum absolute atomic E-state index is 14.0. The number of carbonyl (C=O) groups is 1. The van der Waals surface area contributed by atoms with Crippen LogP contribution >= 0.6 is 0 Å². The first kappa shape index (κ1) is 16.2. The first-order valence-electron chi connectivity index (χ1n) is 8.14. The lowest BCUT2D eigenvalue weighted by atomic mass is 10.1. The Labute approximate surface area is 148 Å². The zero-order valence-electron chi connectivity index (χ0n) is 13.5. The fourth-order valence-corrected chi connectivity index (χ4v) is 3.33. The number of benzene rings is 2. The van der Waals surface area contributed by atoms with E-state index in [1.54, 1.807) is 24.3 Å². The number of rotatable bonds is 4. The van der Waals surface area contributed by atoms with Gasteiger partial charge in [-0.1, -0.05) is 6.07 Å². The Morgan fingerprint density at radius 3 is 2.62 bits per heavy atom. The molecule has 3 atom stereocenters. The van der Waals surface area contributed by atoms with E-state index in [0.29, 0.717) is 23.5 Å². The number of amides is 1. The lowest BCUT2D eigenvalue weighted by molar-refractivity contribution is -0.119. The smallest absolute Gasteiger partial charge is 0.253 e. The minimum absolute atomic E-state index is 0.224. The zero-order chi connectivity index (χ0) is 18.3. The summed E-state index contributed by atoms with van der Waals surface area (Å²) in [6, 6.07) is 12.1. The van der Waals surface area contributed by atoms with Gasteiger partial charge in [-0.25, -0.2) is 8.78 Å². The molecule has 1 aliphatic carbocycles. The van der Waals surface area contributed by atoms with Crippen LogP contribution in [0.25, 0.3) is 0 Å². The summed E-state index contributed by atoms with van der Waals surface area (Å²) in [4.78, 5) is 16.2. The van der Waals surface area contributed by atoms with Crippen molar-refractivity contribution in [3.05, 3.63) is 65.2 Å². The molecule has 1 heterocycles. The van der Waals surface area contributed by atoms with Gasteiger partial charge in [0, 0.05) is 23.7 Å². The van der Waals surface area contributed by atoms with Gasteiger partial charge in [0.25, 0.3) is 5.91 Å². The Hall–Kier alpha value is -3.27. The molecule has 26 heavy (non-hydrogen) atoms. The van der Waals surface area contributed by atoms with Gasteiger partial charge in [-0.3, -0.25) is 4.79 Å². The van der Waals surface area contributed by atoms with Gasteiger partial charge in [-0.2, -0.15) is 10.3 Å². The molecular weight excluding hydrogens is 338 g/mol. The lowest BCUT2D eigenvalue weighted by Crippen LogP contribution is -2.37. The van der Waals surface area contributed by atoms with E-state index in [1.807, 2.05) is 6.07 Å². The third-order valence-corrected chi connectivity index (χ3v) is 4.68. The molecule has 5 nitrogen and oxygen atoms in total. The van der Waals surface area contributed by atoms with Crippen molar-refractivity contribution in [2.24, 2.45) is 10.9 Å². The monoisotopic (exact) mass is 352 g/mol. The second-order valence-electron chi connectivity index (χ2n) is 6.33. The molecule has 2 aliphatic rings. The molecular formula is C19H14F2N4O. The van der Waals surface area contributed by atoms with E-state index < -0.39 is 17.6 Å². The van der Waals surface area contributed by atoms with Crippen LogP contribution in [0.3, 0.4) is 0 Å². The summed E-state index contributed by atoms with van der Waals surface area (Å²) in [5.74, 6) is -1.84. The highest BCUT2D eigenvalue weighted by Crippen LogP contribution is 2.50. The van der Waals surface area contributed by atoms with Gasteiger partial charge in [0.05, 0.1) is 24.1 Å². The summed E-state index contributed by atoms with van der Waals surface area (Å²) >= 11 is 0. The molecule has 7 heteroatoms. The quantitative estimate of drug-likeness (QED) is 0.887. The second-order valence-corrected chi connectivity index (χ2v) is 6.33. The van der Waals surface area contributed by atoms with E-state index in [2.05, 4.69) is 15.6 Å². The first-order chi connectivity index (χ1) is 12.6. The van der Waals surface area contributed by atoms with Crippen molar-refractivity contribution in [1.82, 2.24) is 5.32 Å². The molecule has 0 saturated heterocycles. The third kappa shape index (κ3) is 2.90. The third-order valence-electron chi connectivity index (χ3n) is 4.68. The number of hydrogen-bond acceptors (Lipinski definition) is 4. The van der Waals surface area contributed by atoms with Crippen molar-refractivity contribution in [3.63, 3.8) is 0 Å². The normalized spacial score (nSPS) is 23.3. The summed E-state index contributed by atoms with van der Waals surface area (Å²) in [5.41, 5.74) is 1.68. The number of nitrogens with one attached hydrogen (secondary N) is 2. The van der Waals surface area contributed by atoms with Gasteiger partial charge in [-0.15, -0.1) is 0 Å². The van der Waals surface area contributed by atoms with Gasteiger partial charge < -0.3 is 10.6 Å². The summed E-state index contributed by atoms with van der Waals surface area (Å²) in [5, 5.41) is 15.1. The molecule has 0 aromatic heterocycles. The maximum Gasteiger partial charge on any atom is 0.253 e. The number of nitriles is 1. The van der Waals surface area contributed by atoms with Crippen molar-refractivity contribution in [2.45, 2.75) is 12.0 Å². The van der Waals surface area contributed by atoms with Crippen LogP contribution in [-0.4, -0.2) is 24.3 Å². The predicted octanol–water partition coefficient (Wildman–Crippen LogP) is 2.56. The van der Waals surface area contributed by atoms with Crippen LogP contribution in [0.15, 0.2) is 47.5 Å². The first-order valence-corrected chi connectivity index (χ1v) is 8.14. The zero-order valence-corrected chi connectivity index (χ0v) is 13.5. The Morgan fingerprint density at radius 1 is 1.15 bits per heavy atom. The van der Waals surface area contributed by atoms with E-state index in [-0.39, 0.29) is 17.9 Å².